The van der Waals surface area contributed by atoms with Crippen LogP contribution in [0.2, 0.25) is 0 Å². The highest BCUT2D eigenvalue weighted by atomic mass is 16.7. The van der Waals surface area contributed by atoms with E-state index in [-0.39, 0.29) is 12.1 Å². The normalized spacial score (nSPS) is 16.4. The highest BCUT2D eigenvalue weighted by Crippen LogP contribution is 2.15. The first-order valence-corrected chi connectivity index (χ1v) is 7.01. The minimum atomic E-state index is -0.353. The summed E-state index contributed by atoms with van der Waals surface area (Å²) in [5.41, 5.74) is 0.829. The number of Topliss-reactive ketones (excluding diaryl/α,β-unsaturated/α-hetero) is 1. The Morgan fingerprint density at radius 1 is 1.42 bits per heavy atom. The molecule has 0 saturated carbocycles. The van der Waals surface area contributed by atoms with Crippen LogP contribution in [0.3, 0.4) is 0 Å². The molecule has 1 aliphatic heterocycles. The smallest absolute Gasteiger partial charge is 0.164 e. The molecule has 0 aromatic carbocycles. The lowest BCUT2D eigenvalue weighted by Crippen LogP contribution is -2.16. The van der Waals surface area contributed by atoms with Crippen molar-refractivity contribution in [2.24, 2.45) is 0 Å². The van der Waals surface area contributed by atoms with Gasteiger partial charge in [-0.05, 0) is 18.9 Å². The number of hydrogen-bond acceptors (Lipinski definition) is 4. The van der Waals surface area contributed by atoms with E-state index in [1.54, 1.807) is 0 Å². The number of carbonyl (C=O) groups is 1. The topological polar surface area (TPSA) is 53.4 Å². The molecule has 0 radical (unpaired) electrons. The average Bonchev–Trinajstić information content (AvgIpc) is 3.03. The van der Waals surface area contributed by atoms with Crippen LogP contribution in [0.5, 0.6) is 0 Å². The molecule has 0 atom stereocenters. The molecule has 5 nitrogen and oxygen atoms in total. The van der Waals surface area contributed by atoms with Crippen molar-refractivity contribution in [3.05, 3.63) is 18.0 Å². The predicted molar refractivity (Wildman–Crippen MR) is 70.9 cm³/mol. The molecule has 2 rings (SSSR count). The predicted octanol–water partition coefficient (Wildman–Crippen LogP) is 2.12. The van der Waals surface area contributed by atoms with Gasteiger partial charge >= 0.3 is 0 Å². The van der Waals surface area contributed by atoms with Crippen molar-refractivity contribution >= 4 is 5.78 Å². The molecule has 2 heterocycles. The van der Waals surface area contributed by atoms with Crippen molar-refractivity contribution in [3.63, 3.8) is 0 Å². The van der Waals surface area contributed by atoms with E-state index in [1.807, 2.05) is 16.9 Å². The molecule has 0 aliphatic carbocycles. The molecular formula is C14H22N2O3. The molecule has 0 spiro atoms. The molecule has 1 fully saturated rings. The van der Waals surface area contributed by atoms with E-state index < -0.39 is 0 Å². The van der Waals surface area contributed by atoms with Gasteiger partial charge in [-0.25, -0.2) is 0 Å². The summed E-state index contributed by atoms with van der Waals surface area (Å²) < 4.78 is 12.5. The fourth-order valence-corrected chi connectivity index (χ4v) is 2.32. The Bertz CT molecular complexity index is 407. The van der Waals surface area contributed by atoms with Crippen LogP contribution < -0.4 is 0 Å². The molecular weight excluding hydrogens is 244 g/mol. The fraction of sp³-hybridized carbons (Fsp3) is 0.714. The summed E-state index contributed by atoms with van der Waals surface area (Å²) in [6, 6.07) is 2.34. The van der Waals surface area contributed by atoms with Crippen LogP contribution in [-0.4, -0.2) is 35.1 Å². The standard InChI is InChI=1S/C14H22N2O3/c1-3-12(4-2)16-6-5-11(15-16)9-13(17)10-14-18-7-8-19-14/h5-6,12,14H,3-4,7-10H2,1-2H3. The number of aromatic nitrogens is 2. The van der Waals surface area contributed by atoms with Crippen molar-refractivity contribution in [2.75, 3.05) is 13.2 Å². The Balaban J connectivity index is 1.86. The lowest BCUT2D eigenvalue weighted by Gasteiger charge is -2.12. The van der Waals surface area contributed by atoms with Crippen molar-refractivity contribution in [2.45, 2.75) is 51.9 Å². The number of hydrogen-bond donors (Lipinski definition) is 0. The van der Waals surface area contributed by atoms with Gasteiger partial charge in [0, 0.05) is 6.20 Å². The molecule has 1 aromatic heterocycles. The van der Waals surface area contributed by atoms with E-state index >= 15 is 0 Å². The molecule has 0 bridgehead atoms. The van der Waals surface area contributed by atoms with Gasteiger partial charge in [-0.3, -0.25) is 9.48 Å². The number of ether oxygens (including phenoxy) is 2. The third-order valence-electron chi connectivity index (χ3n) is 3.44. The molecule has 1 aromatic rings. The van der Waals surface area contributed by atoms with E-state index in [2.05, 4.69) is 18.9 Å². The van der Waals surface area contributed by atoms with Gasteiger partial charge in [0.2, 0.25) is 0 Å². The maximum atomic E-state index is 11.9. The zero-order chi connectivity index (χ0) is 13.7. The van der Waals surface area contributed by atoms with Crippen LogP contribution in [-0.2, 0) is 20.7 Å². The second kappa shape index (κ2) is 6.82. The fourth-order valence-electron chi connectivity index (χ4n) is 2.32. The van der Waals surface area contributed by atoms with Crippen LogP contribution >= 0.6 is 0 Å². The largest absolute Gasteiger partial charge is 0.350 e. The second-order valence-corrected chi connectivity index (χ2v) is 4.85. The molecule has 0 unspecified atom stereocenters. The lowest BCUT2D eigenvalue weighted by molar-refractivity contribution is -0.126. The van der Waals surface area contributed by atoms with Crippen molar-refractivity contribution in [1.29, 1.82) is 0 Å². The van der Waals surface area contributed by atoms with Crippen molar-refractivity contribution in [1.82, 2.24) is 9.78 Å². The Kier molecular flexibility index (Phi) is 5.10. The summed E-state index contributed by atoms with van der Waals surface area (Å²) in [7, 11) is 0. The minimum Gasteiger partial charge on any atom is -0.350 e. The van der Waals surface area contributed by atoms with Crippen molar-refractivity contribution < 1.29 is 14.3 Å². The molecule has 0 amide bonds. The number of ketones is 1. The summed E-state index contributed by atoms with van der Waals surface area (Å²) in [6.07, 6.45) is 4.38. The van der Waals surface area contributed by atoms with Gasteiger partial charge in [0.05, 0.1) is 37.8 Å². The first kappa shape index (κ1) is 14.2. The van der Waals surface area contributed by atoms with Gasteiger partial charge < -0.3 is 9.47 Å². The van der Waals surface area contributed by atoms with Gasteiger partial charge in [0.1, 0.15) is 5.78 Å². The van der Waals surface area contributed by atoms with E-state index in [1.165, 1.54) is 0 Å². The Labute approximate surface area is 113 Å². The lowest BCUT2D eigenvalue weighted by atomic mass is 10.1. The van der Waals surface area contributed by atoms with Gasteiger partial charge in [-0.2, -0.15) is 5.10 Å². The zero-order valence-electron chi connectivity index (χ0n) is 11.7. The summed E-state index contributed by atoms with van der Waals surface area (Å²) >= 11 is 0. The Morgan fingerprint density at radius 3 is 2.74 bits per heavy atom. The monoisotopic (exact) mass is 266 g/mol. The summed E-state index contributed by atoms with van der Waals surface area (Å²) in [5.74, 6) is 0.113. The molecule has 1 aliphatic rings. The maximum Gasteiger partial charge on any atom is 0.164 e. The van der Waals surface area contributed by atoms with Crippen LogP contribution in [0, 0.1) is 0 Å². The summed E-state index contributed by atoms with van der Waals surface area (Å²) in [6.45, 7) is 5.47. The van der Waals surface area contributed by atoms with E-state index in [9.17, 15) is 4.79 Å². The minimum absolute atomic E-state index is 0.113. The van der Waals surface area contributed by atoms with Gasteiger partial charge in [0.25, 0.3) is 0 Å². The second-order valence-electron chi connectivity index (χ2n) is 4.85. The highest BCUT2D eigenvalue weighted by Gasteiger charge is 2.20. The maximum absolute atomic E-state index is 11.9. The first-order chi connectivity index (χ1) is 9.22. The molecule has 0 N–H and O–H groups in total. The summed E-state index contributed by atoms with van der Waals surface area (Å²) in [4.78, 5) is 11.9. The van der Waals surface area contributed by atoms with E-state index in [0.717, 1.165) is 18.5 Å². The Morgan fingerprint density at radius 2 is 2.11 bits per heavy atom. The Hall–Kier alpha value is -1.20. The SMILES string of the molecule is CCC(CC)n1ccc(CC(=O)CC2OCCO2)n1. The highest BCUT2D eigenvalue weighted by molar-refractivity contribution is 5.80. The zero-order valence-corrected chi connectivity index (χ0v) is 11.7. The van der Waals surface area contributed by atoms with E-state index in [0.29, 0.717) is 32.1 Å². The van der Waals surface area contributed by atoms with E-state index in [4.69, 9.17) is 9.47 Å². The first-order valence-electron chi connectivity index (χ1n) is 7.01. The molecule has 1 saturated heterocycles. The number of nitrogens with zero attached hydrogens (tertiary/aromatic N) is 2. The third-order valence-corrected chi connectivity index (χ3v) is 3.44. The third kappa shape index (κ3) is 3.88. The van der Waals surface area contributed by atoms with Crippen LogP contribution in [0.4, 0.5) is 0 Å². The molecule has 19 heavy (non-hydrogen) atoms. The quantitative estimate of drug-likeness (QED) is 0.758. The molecule has 5 heteroatoms. The van der Waals surface area contributed by atoms with Crippen LogP contribution in [0.25, 0.3) is 0 Å². The number of rotatable bonds is 7. The average molecular weight is 266 g/mol. The van der Waals surface area contributed by atoms with Gasteiger partial charge in [-0.1, -0.05) is 13.8 Å². The number of carbonyl (C=O) groups excluding carboxylic acids is 1. The van der Waals surface area contributed by atoms with Crippen LogP contribution in [0.15, 0.2) is 12.3 Å². The van der Waals surface area contributed by atoms with Gasteiger partial charge in [0.15, 0.2) is 6.29 Å². The molecule has 106 valence electrons. The summed E-state index contributed by atoms with van der Waals surface area (Å²) in [5, 5.41) is 4.48. The van der Waals surface area contributed by atoms with Crippen molar-refractivity contribution in [3.8, 4) is 0 Å². The van der Waals surface area contributed by atoms with Crippen LogP contribution in [0.1, 0.15) is 44.8 Å². The van der Waals surface area contributed by atoms with Gasteiger partial charge in [-0.15, -0.1) is 0 Å².